The second-order valence-electron chi connectivity index (χ2n) is 4.14. The first-order valence-electron chi connectivity index (χ1n) is 6.33. The van der Waals surface area contributed by atoms with E-state index in [4.69, 9.17) is 0 Å². The van der Waals surface area contributed by atoms with E-state index in [1.54, 1.807) is 0 Å². The predicted octanol–water partition coefficient (Wildman–Crippen LogP) is 3.29. The van der Waals surface area contributed by atoms with E-state index < -0.39 is 0 Å². The van der Waals surface area contributed by atoms with Crippen molar-refractivity contribution in [2.75, 3.05) is 11.5 Å². The molecule has 1 heterocycles. The third-order valence-electron chi connectivity index (χ3n) is 2.60. The van der Waals surface area contributed by atoms with Crippen LogP contribution in [0.2, 0.25) is 0 Å². The smallest absolute Gasteiger partial charge is 0.221 e. The molecule has 1 aromatic heterocycles. The number of rotatable bonds is 6. The number of allylic oxidation sites excluding steroid dienone is 2. The summed E-state index contributed by atoms with van der Waals surface area (Å²) in [6.45, 7) is 4.12. The zero-order valence-electron chi connectivity index (χ0n) is 11.0. The topological polar surface area (TPSA) is 62.8 Å². The van der Waals surface area contributed by atoms with Crippen LogP contribution in [-0.2, 0) is 0 Å². The fraction of sp³-hybridized carbons (Fsp3) is 0.462. The average molecular weight is 296 g/mol. The van der Waals surface area contributed by atoms with Crippen molar-refractivity contribution in [1.29, 1.82) is 0 Å². The number of aromatic nitrogens is 2. The minimum atomic E-state index is -0.118. The molecule has 6 heteroatoms. The van der Waals surface area contributed by atoms with Gasteiger partial charge in [-0.2, -0.15) is 0 Å². The molecule has 0 unspecified atom stereocenters. The van der Waals surface area contributed by atoms with Crippen LogP contribution in [0.4, 0.5) is 0 Å². The molecule has 0 radical (unpaired) electrons. The number of carbonyl (C=O) groups excluding carboxylic acids is 2. The van der Waals surface area contributed by atoms with E-state index in [-0.39, 0.29) is 17.3 Å². The van der Waals surface area contributed by atoms with Crippen molar-refractivity contribution >= 4 is 35.1 Å². The fourth-order valence-corrected chi connectivity index (χ4v) is 3.82. The summed E-state index contributed by atoms with van der Waals surface area (Å²) in [6, 6.07) is 0. The Bertz CT molecular complexity index is 490. The molecule has 0 amide bonds. The second-order valence-corrected chi connectivity index (χ2v) is 6.35. The average Bonchev–Trinajstić information content (AvgIpc) is 2.90. The van der Waals surface area contributed by atoms with Gasteiger partial charge >= 0.3 is 0 Å². The Morgan fingerprint density at radius 2 is 1.63 bits per heavy atom. The largest absolute Gasteiger partial charge is 0.341 e. The molecule has 0 aliphatic heterocycles. The Labute approximate surface area is 120 Å². The van der Waals surface area contributed by atoms with Gasteiger partial charge in [-0.05, 0) is 24.3 Å². The first-order chi connectivity index (χ1) is 9.20. The number of hydrogen-bond donors (Lipinski definition) is 1. The minimum Gasteiger partial charge on any atom is -0.341 e. The molecule has 2 rings (SSSR count). The summed E-state index contributed by atoms with van der Waals surface area (Å²) in [5, 5.41) is 0. The highest BCUT2D eigenvalue weighted by Crippen LogP contribution is 2.37. The van der Waals surface area contributed by atoms with Gasteiger partial charge in [0.15, 0.2) is 0 Å². The standard InChI is InChI=1S/C13H16N2O2S2/c1-3-5-18-12-10(16)8-9(15-7-14-8)11(17)13(12)19-6-4-2/h7H,3-6H2,1-2H3,(H,14,15). The lowest BCUT2D eigenvalue weighted by Gasteiger charge is -2.16. The normalized spacial score (nSPS) is 15.1. The number of nitrogens with one attached hydrogen (secondary N) is 1. The quantitative estimate of drug-likeness (QED) is 0.872. The lowest BCUT2D eigenvalue weighted by Crippen LogP contribution is -2.20. The second kappa shape index (κ2) is 6.43. The van der Waals surface area contributed by atoms with Crippen LogP contribution in [0.3, 0.4) is 0 Å². The summed E-state index contributed by atoms with van der Waals surface area (Å²) in [7, 11) is 0. The van der Waals surface area contributed by atoms with E-state index in [0.717, 1.165) is 24.3 Å². The SMILES string of the molecule is CCCSC1=C(SCCC)C(=O)c2[nH]cnc2C1=O. The van der Waals surface area contributed by atoms with Gasteiger partial charge in [0, 0.05) is 0 Å². The summed E-state index contributed by atoms with van der Waals surface area (Å²) in [4.78, 5) is 32.7. The van der Waals surface area contributed by atoms with Crippen LogP contribution in [0.5, 0.6) is 0 Å². The van der Waals surface area contributed by atoms with Gasteiger partial charge in [-0.3, -0.25) is 9.59 Å². The van der Waals surface area contributed by atoms with Gasteiger partial charge in [0.05, 0.1) is 16.1 Å². The van der Waals surface area contributed by atoms with Crippen molar-refractivity contribution in [3.8, 4) is 0 Å². The van der Waals surface area contributed by atoms with Gasteiger partial charge in [-0.1, -0.05) is 13.8 Å². The van der Waals surface area contributed by atoms with Crippen molar-refractivity contribution < 1.29 is 9.59 Å². The van der Waals surface area contributed by atoms with Gasteiger partial charge in [0.25, 0.3) is 0 Å². The van der Waals surface area contributed by atoms with Crippen LogP contribution in [0.15, 0.2) is 16.1 Å². The van der Waals surface area contributed by atoms with Crippen LogP contribution >= 0.6 is 23.5 Å². The number of ketones is 2. The lowest BCUT2D eigenvalue weighted by atomic mass is 10.1. The van der Waals surface area contributed by atoms with Crippen molar-refractivity contribution in [1.82, 2.24) is 9.97 Å². The highest BCUT2D eigenvalue weighted by Gasteiger charge is 2.34. The van der Waals surface area contributed by atoms with E-state index in [1.807, 2.05) is 0 Å². The number of aromatic amines is 1. The molecular formula is C13H16N2O2S2. The molecule has 1 N–H and O–H groups in total. The molecule has 0 spiro atoms. The lowest BCUT2D eigenvalue weighted by molar-refractivity contribution is 0.0983. The summed E-state index contributed by atoms with van der Waals surface area (Å²) < 4.78 is 0. The molecule has 19 heavy (non-hydrogen) atoms. The highest BCUT2D eigenvalue weighted by molar-refractivity contribution is 8.08. The zero-order valence-corrected chi connectivity index (χ0v) is 12.6. The first-order valence-corrected chi connectivity index (χ1v) is 8.30. The molecular weight excluding hydrogens is 280 g/mol. The zero-order chi connectivity index (χ0) is 13.8. The molecule has 0 saturated heterocycles. The van der Waals surface area contributed by atoms with Crippen molar-refractivity contribution in [2.45, 2.75) is 26.7 Å². The van der Waals surface area contributed by atoms with E-state index in [1.165, 1.54) is 29.9 Å². The molecule has 1 aliphatic rings. The number of hydrogen-bond acceptors (Lipinski definition) is 5. The highest BCUT2D eigenvalue weighted by atomic mass is 32.2. The Morgan fingerprint density at radius 1 is 1.05 bits per heavy atom. The summed E-state index contributed by atoms with van der Waals surface area (Å²) in [6.07, 6.45) is 3.35. The maximum Gasteiger partial charge on any atom is 0.221 e. The number of carbonyl (C=O) groups is 2. The number of Topliss-reactive ketones (excluding diaryl/α,β-unsaturated/α-hetero) is 2. The van der Waals surface area contributed by atoms with Crippen LogP contribution in [0.1, 0.15) is 47.7 Å². The minimum absolute atomic E-state index is 0.0934. The number of imidazole rings is 1. The summed E-state index contributed by atoms with van der Waals surface area (Å²) >= 11 is 2.94. The van der Waals surface area contributed by atoms with Crippen molar-refractivity contribution in [3.63, 3.8) is 0 Å². The van der Waals surface area contributed by atoms with Gasteiger partial charge in [0.2, 0.25) is 11.6 Å². The Hall–Kier alpha value is -1.01. The van der Waals surface area contributed by atoms with E-state index in [0.29, 0.717) is 15.5 Å². The van der Waals surface area contributed by atoms with Gasteiger partial charge in [-0.25, -0.2) is 4.98 Å². The van der Waals surface area contributed by atoms with Crippen LogP contribution < -0.4 is 0 Å². The van der Waals surface area contributed by atoms with E-state index >= 15 is 0 Å². The van der Waals surface area contributed by atoms with Crippen LogP contribution in [0.25, 0.3) is 0 Å². The van der Waals surface area contributed by atoms with Crippen LogP contribution in [0, 0.1) is 0 Å². The van der Waals surface area contributed by atoms with E-state index in [9.17, 15) is 9.59 Å². The van der Waals surface area contributed by atoms with E-state index in [2.05, 4.69) is 23.8 Å². The predicted molar refractivity (Wildman–Crippen MR) is 79.8 cm³/mol. The molecule has 102 valence electrons. The molecule has 0 fully saturated rings. The maximum atomic E-state index is 12.4. The molecule has 1 aliphatic carbocycles. The molecule has 1 aromatic rings. The third kappa shape index (κ3) is 2.79. The monoisotopic (exact) mass is 296 g/mol. The van der Waals surface area contributed by atoms with Crippen molar-refractivity contribution in [3.05, 3.63) is 27.5 Å². The Morgan fingerprint density at radius 3 is 2.21 bits per heavy atom. The summed E-state index contributed by atoms with van der Waals surface area (Å²) in [5.41, 5.74) is 0.605. The number of thioether (sulfide) groups is 2. The molecule has 0 atom stereocenters. The Kier molecular flexibility index (Phi) is 4.87. The fourth-order valence-electron chi connectivity index (χ4n) is 1.74. The Balaban J connectivity index is 2.38. The molecule has 0 aromatic carbocycles. The van der Waals surface area contributed by atoms with Gasteiger partial charge in [0.1, 0.15) is 11.4 Å². The number of fused-ring (bicyclic) bond motifs is 1. The summed E-state index contributed by atoms with van der Waals surface area (Å²) in [5.74, 6) is 1.47. The first kappa shape index (κ1) is 14.4. The molecule has 0 bridgehead atoms. The van der Waals surface area contributed by atoms with Gasteiger partial charge < -0.3 is 4.98 Å². The maximum absolute atomic E-state index is 12.4. The van der Waals surface area contributed by atoms with Crippen molar-refractivity contribution in [2.24, 2.45) is 0 Å². The third-order valence-corrected chi connectivity index (χ3v) is 5.31. The molecule has 0 saturated carbocycles. The number of nitrogens with zero attached hydrogens (tertiary/aromatic N) is 1. The molecule has 4 nitrogen and oxygen atoms in total. The van der Waals surface area contributed by atoms with Gasteiger partial charge in [-0.15, -0.1) is 23.5 Å². The van der Waals surface area contributed by atoms with Crippen LogP contribution in [-0.4, -0.2) is 33.0 Å². The number of H-pyrrole nitrogens is 1.